The monoisotopic (exact) mass is 339 g/mol. The molecule has 1 N–H and O–H groups in total. The summed E-state index contributed by atoms with van der Waals surface area (Å²) < 4.78 is 10.5. The molecule has 0 atom stereocenters. The Morgan fingerprint density at radius 1 is 1.00 bits per heavy atom. The van der Waals surface area contributed by atoms with Gasteiger partial charge in [-0.2, -0.15) is 0 Å². The van der Waals surface area contributed by atoms with E-state index in [0.29, 0.717) is 30.0 Å². The van der Waals surface area contributed by atoms with Crippen LogP contribution >= 0.6 is 0 Å². The number of rotatable bonds is 8. The van der Waals surface area contributed by atoms with Gasteiger partial charge in [-0.1, -0.05) is 43.8 Å². The van der Waals surface area contributed by atoms with E-state index in [0.717, 1.165) is 17.5 Å². The standard InChI is InChI=1S/C21H25NO3/c1-5-16-6-9-18(10-7-16)15(2)21(23)22-13-12-17-8-11-19(24-3)20(14-17)25-4/h6-11,14H,2,5,12-13H2,1,3-4H3,(H,22,23). The number of nitrogens with one attached hydrogen (secondary N) is 1. The maximum absolute atomic E-state index is 12.3. The normalized spacial score (nSPS) is 10.2. The van der Waals surface area contributed by atoms with Gasteiger partial charge in [0.15, 0.2) is 11.5 Å². The second kappa shape index (κ2) is 8.92. The van der Waals surface area contributed by atoms with Crippen LogP contribution in [-0.2, 0) is 17.6 Å². The molecule has 2 rings (SSSR count). The Balaban J connectivity index is 1.90. The molecule has 0 fully saturated rings. The van der Waals surface area contributed by atoms with E-state index in [2.05, 4.69) is 18.8 Å². The first kappa shape index (κ1) is 18.6. The fourth-order valence-electron chi connectivity index (χ4n) is 2.54. The van der Waals surface area contributed by atoms with Gasteiger partial charge in [0.1, 0.15) is 0 Å². The first-order valence-corrected chi connectivity index (χ1v) is 8.36. The van der Waals surface area contributed by atoms with Gasteiger partial charge in [-0.25, -0.2) is 0 Å². The van der Waals surface area contributed by atoms with Crippen LogP contribution in [0.15, 0.2) is 49.0 Å². The number of carbonyl (C=O) groups is 1. The third-order valence-corrected chi connectivity index (χ3v) is 4.13. The molecule has 0 aliphatic carbocycles. The number of aryl methyl sites for hydroxylation is 1. The fourth-order valence-corrected chi connectivity index (χ4v) is 2.54. The zero-order valence-electron chi connectivity index (χ0n) is 15.1. The highest BCUT2D eigenvalue weighted by Gasteiger charge is 2.09. The predicted molar refractivity (Wildman–Crippen MR) is 101 cm³/mol. The molecule has 1 amide bonds. The Morgan fingerprint density at radius 2 is 1.64 bits per heavy atom. The highest BCUT2D eigenvalue weighted by molar-refractivity contribution is 6.18. The van der Waals surface area contributed by atoms with Gasteiger partial charge in [-0.3, -0.25) is 4.79 Å². The zero-order valence-corrected chi connectivity index (χ0v) is 15.1. The Labute approximate surface area is 149 Å². The molecule has 0 aliphatic heterocycles. The molecular weight excluding hydrogens is 314 g/mol. The van der Waals surface area contributed by atoms with Gasteiger partial charge in [-0.05, 0) is 41.7 Å². The molecule has 0 spiro atoms. The number of hydrogen-bond acceptors (Lipinski definition) is 3. The van der Waals surface area contributed by atoms with Crippen LogP contribution in [0.4, 0.5) is 0 Å². The average Bonchev–Trinajstić information content (AvgIpc) is 2.67. The first-order chi connectivity index (χ1) is 12.1. The molecule has 0 unspecified atom stereocenters. The molecule has 4 heteroatoms. The third kappa shape index (κ3) is 4.86. The van der Waals surface area contributed by atoms with E-state index in [9.17, 15) is 4.79 Å². The molecule has 0 saturated heterocycles. The van der Waals surface area contributed by atoms with E-state index in [1.54, 1.807) is 14.2 Å². The van der Waals surface area contributed by atoms with Crippen LogP contribution in [0.5, 0.6) is 11.5 Å². The van der Waals surface area contributed by atoms with Crippen molar-refractivity contribution in [2.24, 2.45) is 0 Å². The van der Waals surface area contributed by atoms with E-state index in [1.165, 1.54) is 5.56 Å². The summed E-state index contributed by atoms with van der Waals surface area (Å²) in [6.45, 7) is 6.54. The number of amides is 1. The van der Waals surface area contributed by atoms with E-state index < -0.39 is 0 Å². The van der Waals surface area contributed by atoms with Crippen LogP contribution in [-0.4, -0.2) is 26.7 Å². The lowest BCUT2D eigenvalue weighted by Gasteiger charge is -2.11. The lowest BCUT2D eigenvalue weighted by atomic mass is 10.0. The zero-order chi connectivity index (χ0) is 18.2. The second-order valence-corrected chi connectivity index (χ2v) is 5.72. The van der Waals surface area contributed by atoms with Gasteiger partial charge >= 0.3 is 0 Å². The topological polar surface area (TPSA) is 47.6 Å². The quantitative estimate of drug-likeness (QED) is 0.747. The molecule has 0 radical (unpaired) electrons. The largest absolute Gasteiger partial charge is 0.493 e. The second-order valence-electron chi connectivity index (χ2n) is 5.72. The summed E-state index contributed by atoms with van der Waals surface area (Å²) in [5, 5.41) is 2.91. The molecular formula is C21H25NO3. The molecule has 0 bridgehead atoms. The van der Waals surface area contributed by atoms with Crippen molar-refractivity contribution in [3.05, 3.63) is 65.7 Å². The minimum atomic E-state index is -0.148. The smallest absolute Gasteiger partial charge is 0.251 e. The highest BCUT2D eigenvalue weighted by atomic mass is 16.5. The number of carbonyl (C=O) groups excluding carboxylic acids is 1. The molecule has 25 heavy (non-hydrogen) atoms. The Kier molecular flexibility index (Phi) is 6.63. The Morgan fingerprint density at radius 3 is 2.24 bits per heavy atom. The van der Waals surface area contributed by atoms with Crippen molar-refractivity contribution < 1.29 is 14.3 Å². The molecule has 2 aromatic rings. The van der Waals surface area contributed by atoms with Crippen LogP contribution in [0.2, 0.25) is 0 Å². The first-order valence-electron chi connectivity index (χ1n) is 8.36. The summed E-state index contributed by atoms with van der Waals surface area (Å²) >= 11 is 0. The van der Waals surface area contributed by atoms with Crippen LogP contribution in [0.25, 0.3) is 5.57 Å². The Bertz CT molecular complexity index is 735. The van der Waals surface area contributed by atoms with Crippen LogP contribution in [0.1, 0.15) is 23.6 Å². The molecule has 4 nitrogen and oxygen atoms in total. The maximum atomic E-state index is 12.3. The third-order valence-electron chi connectivity index (χ3n) is 4.13. The van der Waals surface area contributed by atoms with Crippen LogP contribution < -0.4 is 14.8 Å². The Hall–Kier alpha value is -2.75. The number of hydrogen-bond donors (Lipinski definition) is 1. The van der Waals surface area contributed by atoms with Crippen molar-refractivity contribution >= 4 is 11.5 Å². The van der Waals surface area contributed by atoms with Crippen molar-refractivity contribution in [2.75, 3.05) is 20.8 Å². The molecule has 2 aromatic carbocycles. The lowest BCUT2D eigenvalue weighted by molar-refractivity contribution is -0.115. The molecule has 132 valence electrons. The predicted octanol–water partition coefficient (Wildman–Crippen LogP) is 3.64. The van der Waals surface area contributed by atoms with Gasteiger partial charge in [0, 0.05) is 12.1 Å². The highest BCUT2D eigenvalue weighted by Crippen LogP contribution is 2.27. The number of methoxy groups -OCH3 is 2. The van der Waals surface area contributed by atoms with Gasteiger partial charge in [0.25, 0.3) is 5.91 Å². The van der Waals surface area contributed by atoms with E-state index >= 15 is 0 Å². The van der Waals surface area contributed by atoms with Crippen molar-refractivity contribution in [2.45, 2.75) is 19.8 Å². The van der Waals surface area contributed by atoms with E-state index in [4.69, 9.17) is 9.47 Å². The molecule has 0 heterocycles. The van der Waals surface area contributed by atoms with Crippen molar-refractivity contribution in [3.8, 4) is 11.5 Å². The molecule has 0 aliphatic rings. The maximum Gasteiger partial charge on any atom is 0.251 e. The summed E-state index contributed by atoms with van der Waals surface area (Å²) in [5.41, 5.74) is 3.64. The van der Waals surface area contributed by atoms with Crippen molar-refractivity contribution in [1.29, 1.82) is 0 Å². The minimum absolute atomic E-state index is 0.148. The van der Waals surface area contributed by atoms with E-state index in [1.807, 2.05) is 42.5 Å². The number of benzene rings is 2. The van der Waals surface area contributed by atoms with Crippen molar-refractivity contribution in [1.82, 2.24) is 5.32 Å². The van der Waals surface area contributed by atoms with Crippen molar-refractivity contribution in [3.63, 3.8) is 0 Å². The average molecular weight is 339 g/mol. The van der Waals surface area contributed by atoms with Gasteiger partial charge in [-0.15, -0.1) is 0 Å². The van der Waals surface area contributed by atoms with Gasteiger partial charge in [0.05, 0.1) is 14.2 Å². The fraction of sp³-hybridized carbons (Fsp3) is 0.286. The molecule has 0 saturated carbocycles. The van der Waals surface area contributed by atoms with Crippen LogP contribution in [0.3, 0.4) is 0 Å². The van der Waals surface area contributed by atoms with Crippen LogP contribution in [0, 0.1) is 0 Å². The van der Waals surface area contributed by atoms with Gasteiger partial charge < -0.3 is 14.8 Å². The minimum Gasteiger partial charge on any atom is -0.493 e. The summed E-state index contributed by atoms with van der Waals surface area (Å²) in [5.74, 6) is 1.23. The lowest BCUT2D eigenvalue weighted by Crippen LogP contribution is -2.26. The summed E-state index contributed by atoms with van der Waals surface area (Å²) in [6, 6.07) is 13.7. The number of ether oxygens (including phenoxy) is 2. The molecule has 0 aromatic heterocycles. The summed E-state index contributed by atoms with van der Waals surface area (Å²) in [4.78, 5) is 12.3. The van der Waals surface area contributed by atoms with Gasteiger partial charge in [0.2, 0.25) is 0 Å². The summed E-state index contributed by atoms with van der Waals surface area (Å²) in [6.07, 6.45) is 1.68. The summed E-state index contributed by atoms with van der Waals surface area (Å²) in [7, 11) is 3.22. The van der Waals surface area contributed by atoms with E-state index in [-0.39, 0.29) is 5.91 Å². The SMILES string of the molecule is C=C(C(=O)NCCc1ccc(OC)c(OC)c1)c1ccc(CC)cc1.